The van der Waals surface area contributed by atoms with E-state index in [9.17, 15) is 19.2 Å². The zero-order valence-corrected chi connectivity index (χ0v) is 19.3. The van der Waals surface area contributed by atoms with Gasteiger partial charge in [-0.25, -0.2) is 14.4 Å². The van der Waals surface area contributed by atoms with E-state index in [1.54, 1.807) is 45.0 Å². The van der Waals surface area contributed by atoms with Gasteiger partial charge >= 0.3 is 23.9 Å². The number of methoxy groups -OCH3 is 2. The normalized spacial score (nSPS) is 19.9. The highest BCUT2D eigenvalue weighted by atomic mass is 16.6. The van der Waals surface area contributed by atoms with Gasteiger partial charge in [0.1, 0.15) is 34.9 Å². The number of rotatable bonds is 4. The van der Waals surface area contributed by atoms with Gasteiger partial charge < -0.3 is 29.6 Å². The molecule has 176 valence electrons. The summed E-state index contributed by atoms with van der Waals surface area (Å²) in [5.41, 5.74) is 3.43. The number of ether oxygens (including phenoxy) is 4. The van der Waals surface area contributed by atoms with Crippen molar-refractivity contribution in [2.24, 2.45) is 5.73 Å². The van der Waals surface area contributed by atoms with Crippen molar-refractivity contribution in [2.45, 2.75) is 38.7 Å². The molecule has 0 unspecified atom stereocenters. The summed E-state index contributed by atoms with van der Waals surface area (Å²) in [4.78, 5) is 53.3. The molecule has 1 aromatic rings. The van der Waals surface area contributed by atoms with E-state index in [1.807, 2.05) is 0 Å². The van der Waals surface area contributed by atoms with Crippen LogP contribution in [0.25, 0.3) is 0 Å². The Bertz CT molecular complexity index is 1110. The third-order valence-corrected chi connectivity index (χ3v) is 5.31. The van der Waals surface area contributed by atoms with Crippen molar-refractivity contribution in [1.82, 2.24) is 0 Å². The summed E-state index contributed by atoms with van der Waals surface area (Å²) in [7, 11) is 2.33. The summed E-state index contributed by atoms with van der Waals surface area (Å²) >= 11 is 0. The van der Waals surface area contributed by atoms with Gasteiger partial charge in [-0.15, -0.1) is 0 Å². The van der Waals surface area contributed by atoms with Gasteiger partial charge in [0.2, 0.25) is 0 Å². The minimum atomic E-state index is -2.05. The molecule has 1 aromatic carbocycles. The van der Waals surface area contributed by atoms with Crippen molar-refractivity contribution in [1.29, 1.82) is 0 Å². The van der Waals surface area contributed by atoms with Crippen LogP contribution in [0.15, 0.2) is 47.0 Å². The standard InChI is InChI=1S/C23H26N2O8/c1-12-16(20(28)33-22(2,3)4)23(21(29)32-12)13-9-7-8-10-14(13)25(11-15(26)30-5)18(24)17(23)19(27)31-6/h7-10H,11,24H2,1-6H3/t23-/m0/s1. The van der Waals surface area contributed by atoms with E-state index in [2.05, 4.69) is 0 Å². The smallest absolute Gasteiger partial charge is 0.339 e. The van der Waals surface area contributed by atoms with Crippen molar-refractivity contribution >= 4 is 29.6 Å². The summed E-state index contributed by atoms with van der Waals surface area (Å²) in [5.74, 6) is -3.64. The number of nitrogens with zero attached hydrogens (tertiary/aromatic N) is 1. The van der Waals surface area contributed by atoms with Gasteiger partial charge in [-0.2, -0.15) is 0 Å². The fourth-order valence-electron chi connectivity index (χ4n) is 4.07. The topological polar surface area (TPSA) is 134 Å². The first-order valence-corrected chi connectivity index (χ1v) is 10.1. The maximum atomic E-state index is 13.5. The molecule has 2 heterocycles. The Kier molecular flexibility index (Phi) is 5.97. The Morgan fingerprint density at radius 2 is 1.70 bits per heavy atom. The van der Waals surface area contributed by atoms with Gasteiger partial charge in [0.25, 0.3) is 0 Å². The molecule has 0 aromatic heterocycles. The molecule has 0 bridgehead atoms. The number of carbonyl (C=O) groups excluding carboxylic acids is 4. The Balaban J connectivity index is 2.41. The highest BCUT2D eigenvalue weighted by Crippen LogP contribution is 2.54. The van der Waals surface area contributed by atoms with Crippen LogP contribution in [-0.2, 0) is 43.5 Å². The van der Waals surface area contributed by atoms with Crippen LogP contribution in [0.3, 0.4) is 0 Å². The highest BCUT2D eigenvalue weighted by molar-refractivity contribution is 6.16. The number of hydrogen-bond donors (Lipinski definition) is 1. The lowest BCUT2D eigenvalue weighted by molar-refractivity contribution is -0.152. The van der Waals surface area contributed by atoms with Crippen molar-refractivity contribution in [2.75, 3.05) is 25.7 Å². The van der Waals surface area contributed by atoms with Gasteiger partial charge in [0.05, 0.1) is 14.2 Å². The number of benzene rings is 1. The van der Waals surface area contributed by atoms with E-state index in [1.165, 1.54) is 18.9 Å². The zero-order valence-electron chi connectivity index (χ0n) is 19.3. The Morgan fingerprint density at radius 1 is 1.06 bits per heavy atom. The molecule has 2 aliphatic heterocycles. The van der Waals surface area contributed by atoms with E-state index in [-0.39, 0.29) is 34.8 Å². The average Bonchev–Trinajstić information content (AvgIpc) is 2.99. The molecule has 0 radical (unpaired) electrons. The second-order valence-electron chi connectivity index (χ2n) is 8.50. The molecule has 1 atom stereocenters. The Morgan fingerprint density at radius 3 is 2.27 bits per heavy atom. The predicted octanol–water partition coefficient (Wildman–Crippen LogP) is 1.43. The van der Waals surface area contributed by atoms with Crippen LogP contribution in [-0.4, -0.2) is 50.2 Å². The molecule has 3 rings (SSSR count). The molecular formula is C23H26N2O8. The first-order chi connectivity index (χ1) is 15.4. The molecule has 2 aliphatic rings. The van der Waals surface area contributed by atoms with Crippen molar-refractivity contribution in [3.05, 3.63) is 52.6 Å². The quantitative estimate of drug-likeness (QED) is 0.521. The van der Waals surface area contributed by atoms with Crippen LogP contribution in [0, 0.1) is 0 Å². The molecule has 0 amide bonds. The van der Waals surface area contributed by atoms with Crippen LogP contribution >= 0.6 is 0 Å². The van der Waals surface area contributed by atoms with Gasteiger partial charge in [-0.1, -0.05) is 18.2 Å². The molecule has 0 fully saturated rings. The first-order valence-electron chi connectivity index (χ1n) is 10.1. The van der Waals surface area contributed by atoms with E-state index in [0.29, 0.717) is 5.69 Å². The molecule has 10 nitrogen and oxygen atoms in total. The maximum Gasteiger partial charge on any atom is 0.339 e. The summed E-state index contributed by atoms with van der Waals surface area (Å²) in [6.45, 7) is 6.09. The summed E-state index contributed by atoms with van der Waals surface area (Å²) in [6, 6.07) is 6.45. The van der Waals surface area contributed by atoms with E-state index >= 15 is 0 Å². The minimum Gasteiger partial charge on any atom is -0.468 e. The molecular weight excluding hydrogens is 432 g/mol. The highest BCUT2D eigenvalue weighted by Gasteiger charge is 2.63. The molecule has 33 heavy (non-hydrogen) atoms. The monoisotopic (exact) mass is 458 g/mol. The molecule has 1 spiro atoms. The van der Waals surface area contributed by atoms with E-state index in [4.69, 9.17) is 24.7 Å². The number of allylic oxidation sites excluding steroid dienone is 1. The van der Waals surface area contributed by atoms with E-state index < -0.39 is 34.9 Å². The number of hydrogen-bond acceptors (Lipinski definition) is 10. The lowest BCUT2D eigenvalue weighted by Crippen LogP contribution is -2.51. The maximum absolute atomic E-state index is 13.5. The Hall–Kier alpha value is -3.82. The molecule has 0 aliphatic carbocycles. The largest absolute Gasteiger partial charge is 0.468 e. The number of para-hydroxylation sites is 1. The number of cyclic esters (lactones) is 1. The molecule has 10 heteroatoms. The van der Waals surface area contributed by atoms with E-state index in [0.717, 1.165) is 7.11 Å². The fraction of sp³-hybridized carbons (Fsp3) is 0.391. The van der Waals surface area contributed by atoms with Crippen molar-refractivity contribution in [3.63, 3.8) is 0 Å². The second-order valence-corrected chi connectivity index (χ2v) is 8.50. The fourth-order valence-corrected chi connectivity index (χ4v) is 4.07. The number of nitrogens with two attached hydrogens (primary N) is 1. The lowest BCUT2D eigenvalue weighted by Gasteiger charge is -2.41. The average molecular weight is 458 g/mol. The SMILES string of the molecule is COC(=O)CN1C(N)=C(C(=O)OC)[C@]2(C(=O)OC(C)=C2C(=O)OC(C)(C)C)c2ccccc21. The number of fused-ring (bicyclic) bond motifs is 2. The molecule has 0 saturated heterocycles. The predicted molar refractivity (Wildman–Crippen MR) is 115 cm³/mol. The number of carbonyl (C=O) groups is 4. The van der Waals surface area contributed by atoms with Crippen molar-refractivity contribution in [3.8, 4) is 0 Å². The van der Waals surface area contributed by atoms with Crippen LogP contribution < -0.4 is 10.6 Å². The summed E-state index contributed by atoms with van der Waals surface area (Å²) in [5, 5.41) is 0. The molecule has 0 saturated carbocycles. The third kappa shape index (κ3) is 3.71. The lowest BCUT2D eigenvalue weighted by atomic mass is 9.66. The van der Waals surface area contributed by atoms with Gasteiger partial charge in [0, 0.05) is 11.3 Å². The molecule has 2 N–H and O–H groups in total. The zero-order chi connectivity index (χ0) is 24.7. The summed E-state index contributed by atoms with van der Waals surface area (Å²) < 4.78 is 20.7. The van der Waals surface area contributed by atoms with Gasteiger partial charge in [-0.05, 0) is 33.8 Å². The third-order valence-electron chi connectivity index (χ3n) is 5.31. The van der Waals surface area contributed by atoms with Crippen LogP contribution in [0.5, 0.6) is 0 Å². The number of esters is 4. The summed E-state index contributed by atoms with van der Waals surface area (Å²) in [6.07, 6.45) is 0. The Labute approximate surface area is 190 Å². The van der Waals surface area contributed by atoms with Crippen LogP contribution in [0.2, 0.25) is 0 Å². The van der Waals surface area contributed by atoms with Crippen LogP contribution in [0.1, 0.15) is 33.3 Å². The van der Waals surface area contributed by atoms with Crippen LogP contribution in [0.4, 0.5) is 5.69 Å². The first kappa shape index (κ1) is 23.8. The second kappa shape index (κ2) is 8.27. The van der Waals surface area contributed by atoms with Crippen molar-refractivity contribution < 1.29 is 38.1 Å². The van der Waals surface area contributed by atoms with Gasteiger partial charge in [0.15, 0.2) is 5.41 Å². The number of anilines is 1. The van der Waals surface area contributed by atoms with Gasteiger partial charge in [-0.3, -0.25) is 4.79 Å². The minimum absolute atomic E-state index is 0.0281.